The molecule has 6 nitrogen and oxygen atoms in total. The molecule has 0 bridgehead atoms. The standard InChI is InChI=1S/C14H31N3O3S/c1-12(2)6-9-20-10-8-16-14(15-4)17-13(3)7-11-21(5,18)19/h12-13H,6-11H2,1-5H3,(H2,15,16,17). The van der Waals surface area contributed by atoms with Crippen LogP contribution >= 0.6 is 0 Å². The molecule has 0 heterocycles. The highest BCUT2D eigenvalue weighted by Gasteiger charge is 2.09. The third-order valence-corrected chi connectivity index (χ3v) is 3.88. The summed E-state index contributed by atoms with van der Waals surface area (Å²) in [7, 11) is -1.22. The first-order valence-electron chi connectivity index (χ1n) is 7.47. The maximum atomic E-state index is 11.1. The summed E-state index contributed by atoms with van der Waals surface area (Å²) in [6.07, 6.45) is 2.88. The molecule has 0 amide bonds. The van der Waals surface area contributed by atoms with Crippen molar-refractivity contribution in [2.75, 3.05) is 38.8 Å². The molecule has 7 heteroatoms. The average molecular weight is 321 g/mol. The van der Waals surface area contributed by atoms with E-state index in [1.165, 1.54) is 6.26 Å². The van der Waals surface area contributed by atoms with Crippen LogP contribution in [0.25, 0.3) is 0 Å². The lowest BCUT2D eigenvalue weighted by Crippen LogP contribution is -2.43. The number of guanidine groups is 1. The van der Waals surface area contributed by atoms with Crippen LogP contribution in [-0.2, 0) is 14.6 Å². The van der Waals surface area contributed by atoms with Crippen LogP contribution in [0.4, 0.5) is 0 Å². The quantitative estimate of drug-likeness (QED) is 0.357. The van der Waals surface area contributed by atoms with Gasteiger partial charge in [-0.15, -0.1) is 0 Å². The molecule has 1 unspecified atom stereocenters. The molecule has 0 aromatic carbocycles. The Bertz CT molecular complexity index is 394. The van der Waals surface area contributed by atoms with E-state index in [1.54, 1.807) is 7.05 Å². The van der Waals surface area contributed by atoms with Gasteiger partial charge >= 0.3 is 0 Å². The van der Waals surface area contributed by atoms with Crippen LogP contribution in [-0.4, -0.2) is 59.2 Å². The lowest BCUT2D eigenvalue weighted by Gasteiger charge is -2.17. The van der Waals surface area contributed by atoms with E-state index in [0.29, 0.717) is 31.4 Å². The first-order valence-corrected chi connectivity index (χ1v) is 9.53. The van der Waals surface area contributed by atoms with Gasteiger partial charge in [0.15, 0.2) is 5.96 Å². The van der Waals surface area contributed by atoms with Crippen LogP contribution in [0, 0.1) is 5.92 Å². The van der Waals surface area contributed by atoms with Gasteiger partial charge in [-0.25, -0.2) is 8.42 Å². The van der Waals surface area contributed by atoms with Crippen molar-refractivity contribution in [2.24, 2.45) is 10.9 Å². The van der Waals surface area contributed by atoms with Crippen molar-refractivity contribution in [2.45, 2.75) is 39.7 Å². The molecule has 0 saturated heterocycles. The number of aliphatic imine (C=N–C) groups is 1. The predicted molar refractivity (Wildman–Crippen MR) is 88.6 cm³/mol. The van der Waals surface area contributed by atoms with Crippen LogP contribution in [0.15, 0.2) is 4.99 Å². The maximum absolute atomic E-state index is 11.1. The molecule has 0 rings (SSSR count). The van der Waals surface area contributed by atoms with Crippen molar-refractivity contribution in [1.82, 2.24) is 10.6 Å². The average Bonchev–Trinajstić information content (AvgIpc) is 2.37. The van der Waals surface area contributed by atoms with E-state index in [9.17, 15) is 8.42 Å². The topological polar surface area (TPSA) is 79.8 Å². The first kappa shape index (κ1) is 20.2. The van der Waals surface area contributed by atoms with Crippen molar-refractivity contribution in [3.05, 3.63) is 0 Å². The monoisotopic (exact) mass is 321 g/mol. The van der Waals surface area contributed by atoms with Crippen molar-refractivity contribution in [3.63, 3.8) is 0 Å². The fraction of sp³-hybridized carbons (Fsp3) is 0.929. The second kappa shape index (κ2) is 10.8. The van der Waals surface area contributed by atoms with Gasteiger partial charge in [0, 0.05) is 32.5 Å². The minimum absolute atomic E-state index is 0.0489. The highest BCUT2D eigenvalue weighted by Crippen LogP contribution is 1.98. The number of nitrogens with zero attached hydrogens (tertiary/aromatic N) is 1. The summed E-state index contributed by atoms with van der Waals surface area (Å²) in [5.74, 6) is 1.50. The number of ether oxygens (including phenoxy) is 1. The molecule has 0 aromatic heterocycles. The molecule has 0 fully saturated rings. The molecule has 0 aromatic rings. The summed E-state index contributed by atoms with van der Waals surface area (Å²) in [4.78, 5) is 4.11. The Morgan fingerprint density at radius 1 is 1.19 bits per heavy atom. The third-order valence-electron chi connectivity index (χ3n) is 2.91. The number of rotatable bonds is 10. The SMILES string of the molecule is CN=C(NCCOCCC(C)C)NC(C)CCS(C)(=O)=O. The zero-order valence-electron chi connectivity index (χ0n) is 14.0. The van der Waals surface area contributed by atoms with Crippen LogP contribution in [0.1, 0.15) is 33.6 Å². The summed E-state index contributed by atoms with van der Waals surface area (Å²) in [6, 6.07) is 0.0489. The maximum Gasteiger partial charge on any atom is 0.191 e. The van der Waals surface area contributed by atoms with Gasteiger partial charge in [0.25, 0.3) is 0 Å². The van der Waals surface area contributed by atoms with Crippen molar-refractivity contribution < 1.29 is 13.2 Å². The molecule has 0 aliphatic carbocycles. The van der Waals surface area contributed by atoms with E-state index < -0.39 is 9.84 Å². The van der Waals surface area contributed by atoms with E-state index in [4.69, 9.17) is 4.74 Å². The van der Waals surface area contributed by atoms with E-state index in [1.807, 2.05) is 6.92 Å². The van der Waals surface area contributed by atoms with Crippen LogP contribution in [0.2, 0.25) is 0 Å². The summed E-state index contributed by atoms with van der Waals surface area (Å²) in [5.41, 5.74) is 0. The molecule has 0 spiro atoms. The van der Waals surface area contributed by atoms with E-state index in [-0.39, 0.29) is 11.8 Å². The van der Waals surface area contributed by atoms with Crippen LogP contribution < -0.4 is 10.6 Å². The van der Waals surface area contributed by atoms with E-state index in [2.05, 4.69) is 29.5 Å². The fourth-order valence-electron chi connectivity index (χ4n) is 1.55. The lowest BCUT2D eigenvalue weighted by molar-refractivity contribution is 0.128. The Balaban J connectivity index is 3.81. The van der Waals surface area contributed by atoms with Crippen molar-refractivity contribution in [3.8, 4) is 0 Å². The first-order chi connectivity index (χ1) is 9.74. The molecule has 0 aliphatic heterocycles. The fourth-order valence-corrected chi connectivity index (χ4v) is 2.34. The van der Waals surface area contributed by atoms with Gasteiger partial charge in [-0.2, -0.15) is 0 Å². The Hall–Kier alpha value is -0.820. The summed E-state index contributed by atoms with van der Waals surface area (Å²) < 4.78 is 27.8. The highest BCUT2D eigenvalue weighted by atomic mass is 32.2. The zero-order valence-corrected chi connectivity index (χ0v) is 14.8. The largest absolute Gasteiger partial charge is 0.380 e. The second-order valence-electron chi connectivity index (χ2n) is 5.76. The molecular formula is C14H31N3O3S. The van der Waals surface area contributed by atoms with Gasteiger partial charge < -0.3 is 15.4 Å². The molecule has 0 radical (unpaired) electrons. The van der Waals surface area contributed by atoms with Gasteiger partial charge in [-0.3, -0.25) is 4.99 Å². The summed E-state index contributed by atoms with van der Waals surface area (Å²) in [5, 5.41) is 6.32. The molecule has 2 N–H and O–H groups in total. The summed E-state index contributed by atoms with van der Waals surface area (Å²) in [6.45, 7) is 8.37. The minimum Gasteiger partial charge on any atom is -0.380 e. The molecule has 1 atom stereocenters. The second-order valence-corrected chi connectivity index (χ2v) is 8.02. The van der Waals surface area contributed by atoms with Gasteiger partial charge in [0.1, 0.15) is 9.84 Å². The van der Waals surface area contributed by atoms with Crippen LogP contribution in [0.5, 0.6) is 0 Å². The minimum atomic E-state index is -2.92. The molecule has 21 heavy (non-hydrogen) atoms. The molecule has 126 valence electrons. The molecule has 0 aliphatic rings. The third kappa shape index (κ3) is 13.9. The number of sulfone groups is 1. The van der Waals surface area contributed by atoms with Crippen molar-refractivity contribution >= 4 is 15.8 Å². The Morgan fingerprint density at radius 2 is 1.86 bits per heavy atom. The Labute approximate surface area is 129 Å². The van der Waals surface area contributed by atoms with Crippen molar-refractivity contribution in [1.29, 1.82) is 0 Å². The van der Waals surface area contributed by atoms with E-state index >= 15 is 0 Å². The van der Waals surface area contributed by atoms with Gasteiger partial charge in [0.2, 0.25) is 0 Å². The molecule has 0 saturated carbocycles. The van der Waals surface area contributed by atoms with E-state index in [0.717, 1.165) is 13.0 Å². The number of nitrogens with one attached hydrogen (secondary N) is 2. The summed E-state index contributed by atoms with van der Waals surface area (Å²) >= 11 is 0. The van der Waals surface area contributed by atoms with Gasteiger partial charge in [-0.1, -0.05) is 13.8 Å². The zero-order chi connectivity index (χ0) is 16.3. The normalized spacial score (nSPS) is 14.3. The smallest absolute Gasteiger partial charge is 0.191 e. The molecular weight excluding hydrogens is 290 g/mol. The van der Waals surface area contributed by atoms with Crippen LogP contribution in [0.3, 0.4) is 0 Å². The highest BCUT2D eigenvalue weighted by molar-refractivity contribution is 7.90. The lowest BCUT2D eigenvalue weighted by atomic mass is 10.1. The Morgan fingerprint density at radius 3 is 2.38 bits per heavy atom. The van der Waals surface area contributed by atoms with Gasteiger partial charge in [0.05, 0.1) is 12.4 Å². The predicted octanol–water partition coefficient (Wildman–Crippen LogP) is 1.04. The van der Waals surface area contributed by atoms with Gasteiger partial charge in [-0.05, 0) is 25.7 Å². The number of hydrogen-bond donors (Lipinski definition) is 2. The number of hydrogen-bond acceptors (Lipinski definition) is 4. The Kier molecular flexibility index (Phi) is 10.4.